The summed E-state index contributed by atoms with van der Waals surface area (Å²) in [6.07, 6.45) is 0.833. The number of rotatable bonds is 2. The third-order valence-electron chi connectivity index (χ3n) is 2.35. The Labute approximate surface area is 86.7 Å². The van der Waals surface area contributed by atoms with Crippen LogP contribution in [0.4, 0.5) is 5.82 Å². The normalized spacial score (nSPS) is 19.0. The highest BCUT2D eigenvalue weighted by Gasteiger charge is 2.29. The van der Waals surface area contributed by atoms with Crippen molar-refractivity contribution in [2.45, 2.75) is 6.10 Å². The van der Waals surface area contributed by atoms with E-state index in [0.29, 0.717) is 29.6 Å². The number of pyridine rings is 1. The van der Waals surface area contributed by atoms with Crippen LogP contribution in [-0.4, -0.2) is 23.3 Å². The van der Waals surface area contributed by atoms with Gasteiger partial charge in [-0.1, -0.05) is 11.6 Å². The summed E-state index contributed by atoms with van der Waals surface area (Å²) >= 11 is 5.77. The molecule has 2 heterocycles. The molecule has 0 aromatic carbocycles. The summed E-state index contributed by atoms with van der Waals surface area (Å²) in [6.45, 7) is 1.13. The van der Waals surface area contributed by atoms with Crippen molar-refractivity contribution >= 4 is 17.4 Å². The molecule has 1 atom stereocenters. The smallest absolute Gasteiger partial charge is 0.129 e. The Morgan fingerprint density at radius 1 is 1.64 bits per heavy atom. The van der Waals surface area contributed by atoms with Gasteiger partial charge in [0.15, 0.2) is 0 Å². The number of aliphatic hydroxyl groups is 1. The number of nitrogens with two attached hydrogens (primary N) is 1. The van der Waals surface area contributed by atoms with Gasteiger partial charge in [0, 0.05) is 17.7 Å². The van der Waals surface area contributed by atoms with E-state index < -0.39 is 6.10 Å². The first-order valence-corrected chi connectivity index (χ1v) is 4.73. The second kappa shape index (κ2) is 3.73. The summed E-state index contributed by atoms with van der Waals surface area (Å²) < 4.78 is 4.99. The highest BCUT2D eigenvalue weighted by molar-refractivity contribution is 6.30. The largest absolute Gasteiger partial charge is 0.388 e. The minimum Gasteiger partial charge on any atom is -0.388 e. The van der Waals surface area contributed by atoms with Crippen molar-refractivity contribution in [1.82, 2.24) is 4.98 Å². The fraction of sp³-hybridized carbons (Fsp3) is 0.444. The third-order valence-corrected chi connectivity index (χ3v) is 2.55. The monoisotopic (exact) mass is 214 g/mol. The van der Waals surface area contributed by atoms with Crippen LogP contribution in [0.15, 0.2) is 12.3 Å². The van der Waals surface area contributed by atoms with Gasteiger partial charge in [-0.15, -0.1) is 0 Å². The average molecular weight is 215 g/mol. The van der Waals surface area contributed by atoms with Gasteiger partial charge in [0.1, 0.15) is 5.82 Å². The number of anilines is 1. The Balaban J connectivity index is 2.24. The second-order valence-electron chi connectivity index (χ2n) is 3.37. The lowest BCUT2D eigenvalue weighted by Gasteiger charge is -2.30. The van der Waals surface area contributed by atoms with E-state index >= 15 is 0 Å². The van der Waals surface area contributed by atoms with Crippen LogP contribution < -0.4 is 5.73 Å². The van der Waals surface area contributed by atoms with E-state index in [-0.39, 0.29) is 5.92 Å². The van der Waals surface area contributed by atoms with Crippen molar-refractivity contribution < 1.29 is 9.84 Å². The van der Waals surface area contributed by atoms with Crippen molar-refractivity contribution in [3.05, 3.63) is 22.8 Å². The van der Waals surface area contributed by atoms with Crippen molar-refractivity contribution in [3.63, 3.8) is 0 Å². The summed E-state index contributed by atoms with van der Waals surface area (Å²) in [5.41, 5.74) is 6.23. The van der Waals surface area contributed by atoms with Crippen LogP contribution in [0.1, 0.15) is 11.7 Å². The summed E-state index contributed by atoms with van der Waals surface area (Å²) in [6, 6.07) is 1.65. The lowest BCUT2D eigenvalue weighted by molar-refractivity contribution is -0.0922. The molecule has 0 saturated carbocycles. The predicted molar refractivity (Wildman–Crippen MR) is 52.9 cm³/mol. The quantitative estimate of drug-likeness (QED) is 0.771. The van der Waals surface area contributed by atoms with Gasteiger partial charge in [-0.05, 0) is 6.07 Å². The first kappa shape index (κ1) is 9.71. The molecule has 4 nitrogen and oxygen atoms in total. The van der Waals surface area contributed by atoms with Crippen LogP contribution in [-0.2, 0) is 4.74 Å². The molecule has 0 radical (unpaired) electrons. The number of aliphatic hydroxyl groups excluding tert-OH is 1. The van der Waals surface area contributed by atoms with E-state index in [1.165, 1.54) is 6.20 Å². The molecular formula is C9H11ClN2O2. The summed E-state index contributed by atoms with van der Waals surface area (Å²) in [4.78, 5) is 3.89. The maximum Gasteiger partial charge on any atom is 0.129 e. The van der Waals surface area contributed by atoms with Crippen LogP contribution in [0.3, 0.4) is 0 Å². The third kappa shape index (κ3) is 1.68. The van der Waals surface area contributed by atoms with E-state index in [4.69, 9.17) is 22.1 Å². The molecule has 2 rings (SSSR count). The predicted octanol–water partition coefficient (Wildman–Crippen LogP) is 0.997. The number of nitrogen functional groups attached to an aromatic ring is 1. The summed E-state index contributed by atoms with van der Waals surface area (Å²) in [7, 11) is 0. The zero-order valence-electron chi connectivity index (χ0n) is 7.48. The van der Waals surface area contributed by atoms with E-state index in [1.807, 2.05) is 0 Å². The maximum atomic E-state index is 9.89. The highest BCUT2D eigenvalue weighted by atomic mass is 35.5. The molecule has 1 aliphatic heterocycles. The zero-order chi connectivity index (χ0) is 10.1. The Morgan fingerprint density at radius 2 is 2.36 bits per heavy atom. The number of aromatic nitrogens is 1. The van der Waals surface area contributed by atoms with Crippen molar-refractivity contribution in [2.75, 3.05) is 18.9 Å². The summed E-state index contributed by atoms with van der Waals surface area (Å²) in [5, 5.41) is 10.4. The Hall–Kier alpha value is -0.840. The van der Waals surface area contributed by atoms with E-state index in [1.54, 1.807) is 6.07 Å². The number of hydrogen-bond acceptors (Lipinski definition) is 4. The number of halogens is 1. The van der Waals surface area contributed by atoms with Gasteiger partial charge >= 0.3 is 0 Å². The van der Waals surface area contributed by atoms with Gasteiger partial charge in [-0.3, -0.25) is 0 Å². The minimum atomic E-state index is -0.630. The molecular weight excluding hydrogens is 204 g/mol. The molecule has 0 amide bonds. The van der Waals surface area contributed by atoms with Crippen LogP contribution in [0.25, 0.3) is 0 Å². The lowest BCUT2D eigenvalue weighted by Crippen LogP contribution is -2.33. The van der Waals surface area contributed by atoms with E-state index in [0.717, 1.165) is 0 Å². The summed E-state index contributed by atoms with van der Waals surface area (Å²) in [5.74, 6) is 0.436. The molecule has 5 heteroatoms. The molecule has 1 aromatic rings. The van der Waals surface area contributed by atoms with Crippen molar-refractivity contribution in [1.29, 1.82) is 0 Å². The van der Waals surface area contributed by atoms with E-state index in [2.05, 4.69) is 4.98 Å². The molecule has 0 bridgehead atoms. The fourth-order valence-corrected chi connectivity index (χ4v) is 1.56. The standard InChI is InChI=1S/C9H11ClN2O2/c10-6-1-7(9(11)12-2-6)8(13)5-3-14-4-5/h1-2,5,8,13H,3-4H2,(H2,11,12). The van der Waals surface area contributed by atoms with Crippen molar-refractivity contribution in [3.8, 4) is 0 Å². The Bertz CT molecular complexity index is 342. The zero-order valence-corrected chi connectivity index (χ0v) is 8.24. The molecule has 1 aromatic heterocycles. The lowest BCUT2D eigenvalue weighted by atomic mass is 9.95. The second-order valence-corrected chi connectivity index (χ2v) is 3.81. The van der Waals surface area contributed by atoms with E-state index in [9.17, 15) is 5.11 Å². The van der Waals surface area contributed by atoms with Crippen LogP contribution in [0, 0.1) is 5.92 Å². The van der Waals surface area contributed by atoms with Gasteiger partial charge < -0.3 is 15.6 Å². The van der Waals surface area contributed by atoms with Gasteiger partial charge in [-0.25, -0.2) is 4.98 Å². The van der Waals surface area contributed by atoms with Gasteiger partial charge in [0.25, 0.3) is 0 Å². The van der Waals surface area contributed by atoms with Gasteiger partial charge in [0.2, 0.25) is 0 Å². The molecule has 0 aliphatic carbocycles. The van der Waals surface area contributed by atoms with Crippen molar-refractivity contribution in [2.24, 2.45) is 5.92 Å². The molecule has 76 valence electrons. The minimum absolute atomic E-state index is 0.109. The highest BCUT2D eigenvalue weighted by Crippen LogP contribution is 2.31. The maximum absolute atomic E-state index is 9.89. The van der Waals surface area contributed by atoms with Gasteiger partial charge in [-0.2, -0.15) is 0 Å². The average Bonchev–Trinajstić information content (AvgIpc) is 2.06. The first-order chi connectivity index (χ1) is 6.68. The van der Waals surface area contributed by atoms with Gasteiger partial charge in [0.05, 0.1) is 24.3 Å². The number of nitrogens with zero attached hydrogens (tertiary/aromatic N) is 1. The molecule has 1 aliphatic rings. The molecule has 14 heavy (non-hydrogen) atoms. The fourth-order valence-electron chi connectivity index (χ4n) is 1.39. The molecule has 1 fully saturated rings. The SMILES string of the molecule is Nc1ncc(Cl)cc1C(O)C1COC1. The Morgan fingerprint density at radius 3 is 2.93 bits per heavy atom. The molecule has 3 N–H and O–H groups in total. The molecule has 1 saturated heterocycles. The Kier molecular flexibility index (Phi) is 2.58. The topological polar surface area (TPSA) is 68.4 Å². The molecule has 0 spiro atoms. The van der Waals surface area contributed by atoms with Crippen LogP contribution in [0.2, 0.25) is 5.02 Å². The first-order valence-electron chi connectivity index (χ1n) is 4.35. The van der Waals surface area contributed by atoms with Crippen LogP contribution >= 0.6 is 11.6 Å². The molecule has 1 unspecified atom stereocenters. The number of hydrogen-bond donors (Lipinski definition) is 2. The number of ether oxygens (including phenoxy) is 1. The van der Waals surface area contributed by atoms with Crippen LogP contribution in [0.5, 0.6) is 0 Å².